The minimum Gasteiger partial charge on any atom is -0.493 e. The fourth-order valence-electron chi connectivity index (χ4n) is 6.80. The second-order valence-corrected chi connectivity index (χ2v) is 13.7. The quantitative estimate of drug-likeness (QED) is 0.128. The summed E-state index contributed by atoms with van der Waals surface area (Å²) >= 11 is 14.2. The fraction of sp³-hybridized carbons (Fsp3) is 0.378. The van der Waals surface area contributed by atoms with Crippen LogP contribution in [0.5, 0.6) is 11.6 Å². The number of ether oxygens (including phenoxy) is 2. The Labute approximate surface area is 305 Å². The molecule has 0 bridgehead atoms. The lowest BCUT2D eigenvalue weighted by Gasteiger charge is -2.25. The summed E-state index contributed by atoms with van der Waals surface area (Å²) in [6.45, 7) is 1.72. The summed E-state index contributed by atoms with van der Waals surface area (Å²) in [6, 6.07) is 13.8. The van der Waals surface area contributed by atoms with Gasteiger partial charge in [0.2, 0.25) is 11.8 Å². The highest BCUT2D eigenvalue weighted by molar-refractivity contribution is 6.39. The molecule has 5 aromatic rings. The number of carbonyl (C=O) groups is 1. The normalized spacial score (nSPS) is 19.0. The number of hydrogen-bond acceptors (Lipinski definition) is 10. The van der Waals surface area contributed by atoms with E-state index in [1.807, 2.05) is 48.7 Å². The molecule has 2 aliphatic rings. The number of carbonyl (C=O) groups excluding carboxylic acids is 1. The molecule has 51 heavy (non-hydrogen) atoms. The van der Waals surface area contributed by atoms with Crippen LogP contribution < -0.4 is 25.4 Å². The number of hydrogen-bond donors (Lipinski definition) is 4. The summed E-state index contributed by atoms with van der Waals surface area (Å²) in [5.74, 6) is 1.77. The number of nitrogens with one attached hydrogen (secondary N) is 3. The van der Waals surface area contributed by atoms with Gasteiger partial charge in [-0.3, -0.25) is 9.78 Å². The molecule has 7 rings (SSSR count). The molecule has 1 amide bonds. The highest BCUT2D eigenvalue weighted by Crippen LogP contribution is 2.42. The number of fused-ring (bicyclic) bond motifs is 1. The third-order valence-electron chi connectivity index (χ3n) is 9.56. The van der Waals surface area contributed by atoms with Gasteiger partial charge in [0.1, 0.15) is 0 Å². The Balaban J connectivity index is 1.13. The number of aliphatic hydroxyl groups excluding tert-OH is 1. The second kappa shape index (κ2) is 15.5. The predicted octanol–water partition coefficient (Wildman–Crippen LogP) is 5.61. The largest absolute Gasteiger partial charge is 0.493 e. The highest BCUT2D eigenvalue weighted by Gasteiger charge is 2.23. The van der Waals surface area contributed by atoms with Gasteiger partial charge in [0.25, 0.3) is 0 Å². The molecule has 0 radical (unpaired) electrons. The van der Waals surface area contributed by atoms with Crippen LogP contribution in [0.2, 0.25) is 10.0 Å². The average molecular weight is 732 g/mol. The molecular weight excluding hydrogens is 691 g/mol. The van der Waals surface area contributed by atoms with Gasteiger partial charge in [-0.2, -0.15) is 0 Å². The molecule has 1 aliphatic carbocycles. The van der Waals surface area contributed by atoms with E-state index in [1.165, 1.54) is 0 Å². The van der Waals surface area contributed by atoms with Crippen molar-refractivity contribution in [2.24, 2.45) is 0 Å². The van der Waals surface area contributed by atoms with Gasteiger partial charge in [-0.1, -0.05) is 47.5 Å². The molecule has 4 N–H and O–H groups in total. The lowest BCUT2D eigenvalue weighted by Crippen LogP contribution is -2.35. The summed E-state index contributed by atoms with van der Waals surface area (Å²) in [7, 11) is 3.19. The molecule has 12 nitrogen and oxygen atoms in total. The van der Waals surface area contributed by atoms with Crippen LogP contribution in [0.25, 0.3) is 39.3 Å². The minimum atomic E-state index is -0.204. The van der Waals surface area contributed by atoms with Crippen LogP contribution in [-0.2, 0) is 17.9 Å². The van der Waals surface area contributed by atoms with E-state index in [-0.39, 0.29) is 18.1 Å². The third kappa shape index (κ3) is 7.65. The molecule has 1 saturated heterocycles. The number of pyridine rings is 3. The predicted molar refractivity (Wildman–Crippen MR) is 196 cm³/mol. The van der Waals surface area contributed by atoms with Crippen LogP contribution in [0.4, 0.5) is 0 Å². The Morgan fingerprint density at radius 2 is 1.76 bits per heavy atom. The maximum Gasteiger partial charge on any atom is 0.220 e. The van der Waals surface area contributed by atoms with E-state index < -0.39 is 0 Å². The Morgan fingerprint density at radius 3 is 2.53 bits per heavy atom. The number of aromatic nitrogens is 5. The van der Waals surface area contributed by atoms with Crippen molar-refractivity contribution in [1.82, 2.24) is 40.5 Å². The van der Waals surface area contributed by atoms with E-state index in [0.29, 0.717) is 87.8 Å². The Morgan fingerprint density at radius 1 is 0.961 bits per heavy atom. The van der Waals surface area contributed by atoms with Gasteiger partial charge in [-0.25, -0.2) is 14.5 Å². The van der Waals surface area contributed by atoms with Crippen molar-refractivity contribution < 1.29 is 19.4 Å². The van der Waals surface area contributed by atoms with Crippen molar-refractivity contribution in [1.29, 1.82) is 0 Å². The molecule has 14 heteroatoms. The molecular formula is C37H40Cl2N8O4. The molecule has 1 aromatic carbocycles. The maximum atomic E-state index is 11.5. The first-order valence-corrected chi connectivity index (χ1v) is 17.9. The molecule has 5 heterocycles. The van der Waals surface area contributed by atoms with Crippen LogP contribution in [-0.4, -0.2) is 74.5 Å². The molecule has 1 aliphatic heterocycles. The number of nitrogens with zero attached hydrogens (tertiary/aromatic N) is 5. The first-order chi connectivity index (χ1) is 24.8. The monoisotopic (exact) mass is 730 g/mol. The summed E-state index contributed by atoms with van der Waals surface area (Å²) < 4.78 is 13.1. The van der Waals surface area contributed by atoms with Gasteiger partial charge >= 0.3 is 0 Å². The number of benzene rings is 1. The van der Waals surface area contributed by atoms with Gasteiger partial charge in [-0.15, -0.1) is 5.10 Å². The zero-order valence-corrected chi connectivity index (χ0v) is 30.0. The molecule has 266 valence electrons. The standard InChI is InChI=1S/C37H40Cl2N8O4/c1-50-30-16-22(20-47-36(30)45-31(46-47)19-42-23-7-10-25(48)11-8-23)35-34(39)27(14-15-41-35)26-4-3-5-28(33(26)38)29-12-6-21(37(44-29)51-2)17-40-18-24-9-13-32(49)43-24/h3-6,12,14-16,20,23-25,40,42,48H,7-11,13,17-19H2,1-2H3,(H,43,49). The topological polar surface area (TPSA) is 148 Å². The first-order valence-electron chi connectivity index (χ1n) is 17.1. The van der Waals surface area contributed by atoms with Gasteiger partial charge in [0, 0.05) is 71.8 Å². The van der Waals surface area contributed by atoms with Crippen molar-refractivity contribution in [2.75, 3.05) is 20.8 Å². The Kier molecular flexibility index (Phi) is 10.7. The van der Waals surface area contributed by atoms with Crippen molar-refractivity contribution in [3.8, 4) is 45.3 Å². The average Bonchev–Trinajstić information content (AvgIpc) is 3.76. The van der Waals surface area contributed by atoms with Gasteiger partial charge in [-0.05, 0) is 50.3 Å². The fourth-order valence-corrected chi connectivity index (χ4v) is 7.45. The molecule has 1 atom stereocenters. The van der Waals surface area contributed by atoms with Crippen molar-refractivity contribution in [3.63, 3.8) is 0 Å². The number of halogens is 2. The van der Waals surface area contributed by atoms with Crippen LogP contribution in [0.15, 0.2) is 54.9 Å². The molecule has 4 aromatic heterocycles. The first kappa shape index (κ1) is 35.1. The van der Waals surface area contributed by atoms with E-state index in [2.05, 4.69) is 20.9 Å². The second-order valence-electron chi connectivity index (χ2n) is 13.0. The lowest BCUT2D eigenvalue weighted by molar-refractivity contribution is -0.119. The van der Waals surface area contributed by atoms with Crippen LogP contribution in [0.3, 0.4) is 0 Å². The zero-order valence-electron chi connectivity index (χ0n) is 28.5. The summed E-state index contributed by atoms with van der Waals surface area (Å²) in [5, 5.41) is 25.4. The minimum absolute atomic E-state index is 0.0954. The number of methoxy groups -OCH3 is 2. The molecule has 0 spiro atoms. The zero-order chi connectivity index (χ0) is 35.5. The number of amides is 1. The van der Waals surface area contributed by atoms with E-state index in [9.17, 15) is 9.90 Å². The van der Waals surface area contributed by atoms with Crippen LogP contribution in [0, 0.1) is 0 Å². The number of rotatable bonds is 12. The Bertz CT molecular complexity index is 2050. The van der Waals surface area contributed by atoms with Gasteiger partial charge < -0.3 is 30.5 Å². The van der Waals surface area contributed by atoms with E-state index in [4.69, 9.17) is 47.7 Å². The van der Waals surface area contributed by atoms with Crippen LogP contribution >= 0.6 is 23.2 Å². The lowest BCUT2D eigenvalue weighted by atomic mass is 9.93. The molecule has 1 saturated carbocycles. The van der Waals surface area contributed by atoms with E-state index in [1.54, 1.807) is 24.9 Å². The van der Waals surface area contributed by atoms with E-state index in [0.717, 1.165) is 48.8 Å². The summed E-state index contributed by atoms with van der Waals surface area (Å²) in [5.41, 5.74) is 5.55. The summed E-state index contributed by atoms with van der Waals surface area (Å²) in [6.07, 6.45) is 8.20. The maximum absolute atomic E-state index is 11.5. The third-order valence-corrected chi connectivity index (χ3v) is 10.3. The van der Waals surface area contributed by atoms with Crippen molar-refractivity contribution in [2.45, 2.75) is 69.8 Å². The van der Waals surface area contributed by atoms with Gasteiger partial charge in [0.15, 0.2) is 17.2 Å². The smallest absolute Gasteiger partial charge is 0.220 e. The SMILES string of the molecule is COc1nc(-c2cccc(-c3ccnc(-c4cc(OC)c5nc(CNC6CCC(O)CC6)nn5c4)c3Cl)c2Cl)ccc1CNCC1CCC(=O)N1. The number of aliphatic hydroxyl groups is 1. The van der Waals surface area contributed by atoms with Gasteiger partial charge in [0.05, 0.1) is 48.3 Å². The van der Waals surface area contributed by atoms with E-state index >= 15 is 0 Å². The van der Waals surface area contributed by atoms with Crippen molar-refractivity contribution in [3.05, 3.63) is 76.3 Å². The van der Waals surface area contributed by atoms with Crippen molar-refractivity contribution >= 4 is 34.8 Å². The highest BCUT2D eigenvalue weighted by atomic mass is 35.5. The summed E-state index contributed by atoms with van der Waals surface area (Å²) in [4.78, 5) is 25.7. The molecule has 1 unspecified atom stereocenters. The Hall–Kier alpha value is -4.33. The molecule has 2 fully saturated rings. The van der Waals surface area contributed by atoms with Crippen LogP contribution in [0.1, 0.15) is 49.9 Å².